The molecule has 33 heavy (non-hydrogen) atoms. The molecule has 3 rings (SSSR count). The van der Waals surface area contributed by atoms with Gasteiger partial charge < -0.3 is 10.1 Å². The van der Waals surface area contributed by atoms with Crippen LogP contribution in [0, 0.1) is 0 Å². The van der Waals surface area contributed by atoms with E-state index in [0.717, 1.165) is 30.2 Å². The second kappa shape index (κ2) is 11.2. The Hall–Kier alpha value is -1.64. The van der Waals surface area contributed by atoms with Crippen LogP contribution in [0.1, 0.15) is 36.8 Å². The maximum atomic E-state index is 13.4. The normalized spacial score (nSPS) is 21.4. The Balaban J connectivity index is 1.90. The predicted octanol–water partition coefficient (Wildman–Crippen LogP) is 4.56. The minimum absolute atomic E-state index is 0.0203. The number of ether oxygens (including phenoxy) is 1. The zero-order chi connectivity index (χ0) is 24.1. The van der Waals surface area contributed by atoms with Crippen LogP contribution in [0.3, 0.4) is 0 Å². The van der Waals surface area contributed by atoms with E-state index in [0.29, 0.717) is 35.2 Å². The number of rotatable bonds is 9. The number of hydrogen-bond acceptors (Lipinski definition) is 6. The number of methoxy groups -OCH3 is 1. The number of nitrogens with one attached hydrogen (secondary N) is 1. The average molecular weight is 514 g/mol. The molecule has 2 atom stereocenters. The second-order valence-electron chi connectivity index (χ2n) is 8.45. The van der Waals surface area contributed by atoms with Gasteiger partial charge in [-0.3, -0.25) is 8.98 Å². The Bertz CT molecular complexity index is 1090. The van der Waals surface area contributed by atoms with Crippen molar-refractivity contribution in [2.45, 2.75) is 43.6 Å². The van der Waals surface area contributed by atoms with Crippen molar-refractivity contribution in [1.82, 2.24) is 5.32 Å². The van der Waals surface area contributed by atoms with Gasteiger partial charge in [0.15, 0.2) is 5.78 Å². The number of para-hydroxylation sites is 1. The van der Waals surface area contributed by atoms with Gasteiger partial charge in [-0.2, -0.15) is 8.42 Å². The fraction of sp³-hybridized carbons (Fsp3) is 0.458. The molecule has 1 heterocycles. The number of carbonyl (C=O) groups excluding carboxylic acids is 1. The Morgan fingerprint density at radius 2 is 1.94 bits per heavy atom. The summed E-state index contributed by atoms with van der Waals surface area (Å²) in [7, 11) is -1.99. The summed E-state index contributed by atoms with van der Waals surface area (Å²) in [5.41, 5.74) is 1.26. The van der Waals surface area contributed by atoms with Gasteiger partial charge >= 0.3 is 0 Å². The van der Waals surface area contributed by atoms with Gasteiger partial charge in [-0.25, -0.2) is 0 Å². The van der Waals surface area contributed by atoms with Gasteiger partial charge in [0.05, 0.1) is 36.1 Å². The van der Waals surface area contributed by atoms with Crippen LogP contribution in [-0.2, 0) is 30.9 Å². The first-order valence-electron chi connectivity index (χ1n) is 10.8. The molecule has 0 bridgehead atoms. The SMILES string of the molecule is COc1ccccc1CC(=O)C1CC(CCOS(C)(=O)=O)(c2ccc(Cl)c(Cl)c2)CCCN1. The van der Waals surface area contributed by atoms with Gasteiger partial charge in [0, 0.05) is 12.0 Å². The van der Waals surface area contributed by atoms with Crippen LogP contribution in [0.5, 0.6) is 5.75 Å². The summed E-state index contributed by atoms with van der Waals surface area (Å²) in [6, 6.07) is 12.5. The molecule has 1 N–H and O–H groups in total. The number of ketones is 1. The minimum atomic E-state index is -3.58. The fourth-order valence-corrected chi connectivity index (χ4v) is 5.19. The van der Waals surface area contributed by atoms with E-state index in [1.807, 2.05) is 36.4 Å². The quantitative estimate of drug-likeness (QED) is 0.495. The highest BCUT2D eigenvalue weighted by molar-refractivity contribution is 7.85. The van der Waals surface area contributed by atoms with Crippen molar-refractivity contribution in [2.24, 2.45) is 0 Å². The highest BCUT2D eigenvalue weighted by atomic mass is 35.5. The molecule has 0 aliphatic carbocycles. The Morgan fingerprint density at radius 1 is 1.18 bits per heavy atom. The van der Waals surface area contributed by atoms with Crippen LogP contribution < -0.4 is 10.1 Å². The molecular formula is C24H29Cl2NO5S. The Labute approximate surface area is 205 Å². The Kier molecular flexibility index (Phi) is 8.81. The standard InChI is InChI=1S/C24H29Cl2NO5S/c1-31-23-7-4-3-6-17(23)14-22(28)21-16-24(10-5-12-27-21,11-13-32-33(2,29)30)18-8-9-19(25)20(26)15-18/h3-4,6-9,15,21,27H,5,10-14,16H2,1-2H3. The van der Waals surface area contributed by atoms with Crippen molar-refractivity contribution in [2.75, 3.05) is 26.5 Å². The van der Waals surface area contributed by atoms with Crippen LogP contribution in [0.15, 0.2) is 42.5 Å². The van der Waals surface area contributed by atoms with Gasteiger partial charge in [-0.05, 0) is 61.4 Å². The summed E-state index contributed by atoms with van der Waals surface area (Å²) >= 11 is 12.5. The first-order chi connectivity index (χ1) is 15.6. The maximum absolute atomic E-state index is 13.4. The summed E-state index contributed by atoms with van der Waals surface area (Å²) < 4.78 is 33.6. The molecule has 2 unspecified atom stereocenters. The molecule has 0 spiro atoms. The van der Waals surface area contributed by atoms with E-state index in [9.17, 15) is 13.2 Å². The molecule has 0 aromatic heterocycles. The molecule has 0 radical (unpaired) electrons. The van der Waals surface area contributed by atoms with Crippen molar-refractivity contribution < 1.29 is 22.1 Å². The van der Waals surface area contributed by atoms with Crippen LogP contribution in [0.25, 0.3) is 0 Å². The molecule has 1 saturated heterocycles. The molecule has 0 saturated carbocycles. The minimum Gasteiger partial charge on any atom is -0.496 e. The van der Waals surface area contributed by atoms with Crippen molar-refractivity contribution in [3.05, 3.63) is 63.6 Å². The van der Waals surface area contributed by atoms with E-state index in [2.05, 4.69) is 5.32 Å². The molecule has 2 aromatic rings. The zero-order valence-corrected chi connectivity index (χ0v) is 21.1. The third-order valence-electron chi connectivity index (χ3n) is 6.17. The lowest BCUT2D eigenvalue weighted by molar-refractivity contribution is -0.120. The van der Waals surface area contributed by atoms with E-state index in [4.69, 9.17) is 32.1 Å². The summed E-state index contributed by atoms with van der Waals surface area (Å²) in [5.74, 6) is 0.728. The molecular weight excluding hydrogens is 485 g/mol. The largest absolute Gasteiger partial charge is 0.496 e. The van der Waals surface area contributed by atoms with Crippen LogP contribution in [0.4, 0.5) is 0 Å². The molecule has 2 aromatic carbocycles. The molecule has 0 amide bonds. The molecule has 1 fully saturated rings. The van der Waals surface area contributed by atoms with Crippen LogP contribution in [0.2, 0.25) is 10.0 Å². The van der Waals surface area contributed by atoms with Gasteiger partial charge in [0.1, 0.15) is 5.75 Å². The molecule has 6 nitrogen and oxygen atoms in total. The predicted molar refractivity (Wildman–Crippen MR) is 131 cm³/mol. The lowest BCUT2D eigenvalue weighted by atomic mass is 9.70. The number of benzene rings is 2. The summed E-state index contributed by atoms with van der Waals surface area (Å²) in [6.07, 6.45) is 3.76. The zero-order valence-electron chi connectivity index (χ0n) is 18.8. The number of halogens is 2. The van der Waals surface area contributed by atoms with Crippen molar-refractivity contribution in [1.29, 1.82) is 0 Å². The first kappa shape index (κ1) is 26.0. The number of hydrogen-bond donors (Lipinski definition) is 1. The van der Waals surface area contributed by atoms with E-state index in [-0.39, 0.29) is 18.8 Å². The average Bonchev–Trinajstić information content (AvgIpc) is 2.99. The second-order valence-corrected chi connectivity index (χ2v) is 10.9. The maximum Gasteiger partial charge on any atom is 0.264 e. The van der Waals surface area contributed by atoms with E-state index in [1.165, 1.54) is 0 Å². The summed E-state index contributed by atoms with van der Waals surface area (Å²) in [6.45, 7) is 0.699. The highest BCUT2D eigenvalue weighted by Crippen LogP contribution is 2.41. The third-order valence-corrected chi connectivity index (χ3v) is 7.51. The Morgan fingerprint density at radius 3 is 2.64 bits per heavy atom. The first-order valence-corrected chi connectivity index (χ1v) is 13.4. The van der Waals surface area contributed by atoms with Gasteiger partial charge in [0.25, 0.3) is 10.1 Å². The third kappa shape index (κ3) is 6.93. The molecule has 9 heteroatoms. The lowest BCUT2D eigenvalue weighted by Gasteiger charge is -2.35. The summed E-state index contributed by atoms with van der Waals surface area (Å²) in [4.78, 5) is 13.4. The lowest BCUT2D eigenvalue weighted by Crippen LogP contribution is -2.42. The molecule has 180 valence electrons. The van der Waals surface area contributed by atoms with E-state index < -0.39 is 21.6 Å². The molecule has 1 aliphatic rings. The van der Waals surface area contributed by atoms with Gasteiger partial charge in [-0.1, -0.05) is 47.5 Å². The van der Waals surface area contributed by atoms with Crippen molar-refractivity contribution in [3.8, 4) is 5.75 Å². The van der Waals surface area contributed by atoms with E-state index >= 15 is 0 Å². The van der Waals surface area contributed by atoms with Gasteiger partial charge in [-0.15, -0.1) is 0 Å². The van der Waals surface area contributed by atoms with Crippen molar-refractivity contribution >= 4 is 39.1 Å². The topological polar surface area (TPSA) is 81.7 Å². The number of carbonyl (C=O) groups is 1. The van der Waals surface area contributed by atoms with Gasteiger partial charge in [0.2, 0.25) is 0 Å². The summed E-state index contributed by atoms with van der Waals surface area (Å²) in [5, 5.41) is 4.25. The highest BCUT2D eigenvalue weighted by Gasteiger charge is 2.39. The molecule has 1 aliphatic heterocycles. The smallest absolute Gasteiger partial charge is 0.264 e. The van der Waals surface area contributed by atoms with E-state index in [1.54, 1.807) is 13.2 Å². The van der Waals surface area contributed by atoms with Crippen molar-refractivity contribution in [3.63, 3.8) is 0 Å². The number of Topliss-reactive ketones (excluding diaryl/α,β-unsaturated/α-hetero) is 1. The monoisotopic (exact) mass is 513 g/mol. The van der Waals surface area contributed by atoms with Crippen LogP contribution >= 0.6 is 23.2 Å². The fourth-order valence-electron chi connectivity index (χ4n) is 4.50. The van der Waals surface area contributed by atoms with Crippen LogP contribution in [-0.4, -0.2) is 46.8 Å².